The molecular weight excluding hydrogens is 348 g/mol. The van der Waals surface area contributed by atoms with Crippen LogP contribution in [0, 0.1) is 0 Å². The van der Waals surface area contributed by atoms with E-state index >= 15 is 0 Å². The number of fused-ring (bicyclic) bond motifs is 1. The minimum absolute atomic E-state index is 0.636. The van der Waals surface area contributed by atoms with Gasteiger partial charge in [-0.05, 0) is 50.3 Å². The van der Waals surface area contributed by atoms with Gasteiger partial charge in [0.1, 0.15) is 5.65 Å². The Morgan fingerprint density at radius 3 is 2.50 bits per heavy atom. The largest absolute Gasteiger partial charge is 0.346 e. The Morgan fingerprint density at radius 1 is 1.00 bits per heavy atom. The van der Waals surface area contributed by atoms with Gasteiger partial charge in [0.25, 0.3) is 0 Å². The third-order valence-corrected chi connectivity index (χ3v) is 6.79. The van der Waals surface area contributed by atoms with Gasteiger partial charge in [0.2, 0.25) is 0 Å². The first-order valence-corrected chi connectivity index (χ1v) is 10.6. The number of pyridine rings is 1. The maximum absolute atomic E-state index is 4.73. The van der Waals surface area contributed by atoms with Crippen LogP contribution in [-0.2, 0) is 7.05 Å². The molecule has 0 atom stereocenters. The highest BCUT2D eigenvalue weighted by atomic mass is 15.3. The van der Waals surface area contributed by atoms with E-state index in [0.717, 1.165) is 17.3 Å². The Morgan fingerprint density at radius 2 is 1.79 bits per heavy atom. The Kier molecular flexibility index (Phi) is 4.69. The van der Waals surface area contributed by atoms with Gasteiger partial charge in [0.15, 0.2) is 0 Å². The monoisotopic (exact) mass is 378 g/mol. The molecule has 0 spiro atoms. The van der Waals surface area contributed by atoms with Crippen molar-refractivity contribution in [2.45, 2.75) is 37.6 Å². The first-order chi connectivity index (χ1) is 13.7. The summed E-state index contributed by atoms with van der Waals surface area (Å²) in [4.78, 5) is 13.2. The fourth-order valence-corrected chi connectivity index (χ4v) is 5.00. The molecule has 6 nitrogen and oxygen atoms in total. The summed E-state index contributed by atoms with van der Waals surface area (Å²) < 4.78 is 1.85. The second kappa shape index (κ2) is 7.33. The summed E-state index contributed by atoms with van der Waals surface area (Å²) in [6.45, 7) is 4.89. The van der Waals surface area contributed by atoms with Gasteiger partial charge in [-0.25, -0.2) is 4.98 Å². The van der Waals surface area contributed by atoms with Gasteiger partial charge in [-0.1, -0.05) is 0 Å². The molecule has 1 aliphatic heterocycles. The zero-order valence-corrected chi connectivity index (χ0v) is 16.9. The van der Waals surface area contributed by atoms with Crippen molar-refractivity contribution in [2.24, 2.45) is 7.05 Å². The van der Waals surface area contributed by atoms with Gasteiger partial charge < -0.3 is 9.88 Å². The summed E-state index contributed by atoms with van der Waals surface area (Å²) >= 11 is 0. The third-order valence-electron chi connectivity index (χ3n) is 6.79. The molecule has 0 bridgehead atoms. The lowest BCUT2D eigenvalue weighted by Gasteiger charge is -2.41. The first kappa shape index (κ1) is 17.9. The average Bonchev–Trinajstić information content (AvgIpc) is 3.34. The van der Waals surface area contributed by atoms with Crippen molar-refractivity contribution in [3.8, 4) is 11.1 Å². The van der Waals surface area contributed by atoms with Crippen LogP contribution in [0.15, 0.2) is 30.9 Å². The summed E-state index contributed by atoms with van der Waals surface area (Å²) in [6.07, 6.45) is 13.3. The van der Waals surface area contributed by atoms with Crippen molar-refractivity contribution in [3.05, 3.63) is 36.4 Å². The first-order valence-electron chi connectivity index (χ1n) is 10.6. The molecular formula is C22H30N6. The van der Waals surface area contributed by atoms with Gasteiger partial charge in [-0.15, -0.1) is 0 Å². The van der Waals surface area contributed by atoms with Crippen LogP contribution in [0.1, 0.15) is 37.2 Å². The van der Waals surface area contributed by atoms with Crippen molar-refractivity contribution in [3.63, 3.8) is 0 Å². The van der Waals surface area contributed by atoms with E-state index in [1.165, 1.54) is 68.4 Å². The Hall–Kier alpha value is -2.18. The van der Waals surface area contributed by atoms with Crippen LogP contribution in [0.2, 0.25) is 0 Å². The highest BCUT2D eigenvalue weighted by Crippen LogP contribution is 2.37. The fraction of sp³-hybridized carbons (Fsp3) is 0.545. The van der Waals surface area contributed by atoms with Crippen molar-refractivity contribution in [2.75, 3.05) is 33.2 Å². The van der Waals surface area contributed by atoms with E-state index < -0.39 is 0 Å². The molecule has 0 amide bonds. The average molecular weight is 379 g/mol. The van der Waals surface area contributed by atoms with Crippen molar-refractivity contribution in [1.82, 2.24) is 29.5 Å². The lowest BCUT2D eigenvalue weighted by atomic mass is 9.81. The summed E-state index contributed by atoms with van der Waals surface area (Å²) in [7, 11) is 4.19. The highest BCUT2D eigenvalue weighted by molar-refractivity contribution is 5.93. The SMILES string of the molecule is CN1CCN([C@H]2CC[C@H](c3cnc4[nH]cc(-c5cnn(C)c5)c4c3)CC2)CC1. The summed E-state index contributed by atoms with van der Waals surface area (Å²) in [5.74, 6) is 0.636. The normalized spacial score (nSPS) is 24.8. The molecule has 1 N–H and O–H groups in total. The van der Waals surface area contributed by atoms with Crippen molar-refractivity contribution < 1.29 is 0 Å². The number of aromatic nitrogens is 4. The number of likely N-dealkylation sites (N-methyl/N-ethyl adjacent to an activating group) is 1. The summed E-state index contributed by atoms with van der Waals surface area (Å²) in [6, 6.07) is 3.14. The second-order valence-electron chi connectivity index (χ2n) is 8.61. The lowest BCUT2D eigenvalue weighted by Crippen LogP contribution is -2.49. The Labute approximate surface area is 166 Å². The molecule has 4 heterocycles. The van der Waals surface area contributed by atoms with Crippen LogP contribution >= 0.6 is 0 Å². The van der Waals surface area contributed by atoms with Crippen molar-refractivity contribution in [1.29, 1.82) is 0 Å². The second-order valence-corrected chi connectivity index (χ2v) is 8.61. The van der Waals surface area contributed by atoms with Crippen molar-refractivity contribution >= 4 is 11.0 Å². The van der Waals surface area contributed by atoms with E-state index in [1.54, 1.807) is 0 Å². The number of aryl methyl sites for hydroxylation is 1. The Balaban J connectivity index is 1.32. The van der Waals surface area contributed by atoms with E-state index in [1.807, 2.05) is 17.9 Å². The van der Waals surface area contributed by atoms with Crippen LogP contribution in [0.25, 0.3) is 22.2 Å². The van der Waals surface area contributed by atoms with Gasteiger partial charge in [-0.3, -0.25) is 9.58 Å². The molecule has 28 heavy (non-hydrogen) atoms. The molecule has 148 valence electrons. The zero-order chi connectivity index (χ0) is 19.1. The summed E-state index contributed by atoms with van der Waals surface area (Å²) in [5, 5.41) is 5.54. The molecule has 1 saturated carbocycles. The number of piperazine rings is 1. The van der Waals surface area contributed by atoms with E-state index in [0.29, 0.717) is 5.92 Å². The van der Waals surface area contributed by atoms with Crippen LogP contribution < -0.4 is 0 Å². The number of nitrogens with zero attached hydrogens (tertiary/aromatic N) is 5. The topological polar surface area (TPSA) is 53.0 Å². The molecule has 0 radical (unpaired) electrons. The van der Waals surface area contributed by atoms with Gasteiger partial charge in [0, 0.05) is 74.4 Å². The molecule has 3 aromatic heterocycles. The molecule has 1 aliphatic carbocycles. The van der Waals surface area contributed by atoms with Crippen LogP contribution in [-0.4, -0.2) is 68.8 Å². The number of nitrogens with one attached hydrogen (secondary N) is 1. The number of aromatic amines is 1. The van der Waals surface area contributed by atoms with Crippen LogP contribution in [0.3, 0.4) is 0 Å². The number of hydrogen-bond acceptors (Lipinski definition) is 4. The molecule has 0 unspecified atom stereocenters. The Bertz CT molecular complexity index is 941. The standard InChI is InChI=1S/C22H30N6/c1-26-7-9-28(10-8-26)19-5-3-16(4-6-19)17-11-20-21(14-24-22(20)23-12-17)18-13-25-27(2)15-18/h11-16,19H,3-10H2,1-2H3,(H,23,24)/t16-,19-. The van der Waals surface area contributed by atoms with Crippen LogP contribution in [0.4, 0.5) is 0 Å². The lowest BCUT2D eigenvalue weighted by molar-refractivity contribution is 0.0878. The molecule has 6 heteroatoms. The molecule has 2 aliphatic rings. The molecule has 5 rings (SSSR count). The third kappa shape index (κ3) is 3.35. The number of H-pyrrole nitrogens is 1. The smallest absolute Gasteiger partial charge is 0.137 e. The maximum Gasteiger partial charge on any atom is 0.137 e. The van der Waals surface area contributed by atoms with Crippen LogP contribution in [0.5, 0.6) is 0 Å². The number of hydrogen-bond donors (Lipinski definition) is 1. The highest BCUT2D eigenvalue weighted by Gasteiger charge is 2.28. The quantitative estimate of drug-likeness (QED) is 0.760. The summed E-state index contributed by atoms with van der Waals surface area (Å²) in [5.41, 5.74) is 4.71. The molecule has 1 saturated heterocycles. The molecule has 3 aromatic rings. The maximum atomic E-state index is 4.73. The fourth-order valence-electron chi connectivity index (χ4n) is 5.00. The van der Waals surface area contributed by atoms with Gasteiger partial charge in [-0.2, -0.15) is 5.10 Å². The van der Waals surface area contributed by atoms with E-state index in [2.05, 4.69) is 51.6 Å². The predicted octanol–water partition coefficient (Wildman–Crippen LogP) is 3.24. The van der Waals surface area contributed by atoms with Gasteiger partial charge in [0.05, 0.1) is 6.20 Å². The number of rotatable bonds is 3. The van der Waals surface area contributed by atoms with Gasteiger partial charge >= 0.3 is 0 Å². The molecule has 2 fully saturated rings. The minimum Gasteiger partial charge on any atom is -0.346 e. The minimum atomic E-state index is 0.636. The zero-order valence-electron chi connectivity index (χ0n) is 16.9. The van der Waals surface area contributed by atoms with E-state index in [9.17, 15) is 0 Å². The van der Waals surface area contributed by atoms with E-state index in [-0.39, 0.29) is 0 Å². The molecule has 0 aromatic carbocycles. The predicted molar refractivity (Wildman–Crippen MR) is 112 cm³/mol. The van der Waals surface area contributed by atoms with E-state index in [4.69, 9.17) is 4.98 Å².